The highest BCUT2D eigenvalue weighted by atomic mass is 19.3. The molecule has 0 spiro atoms. The summed E-state index contributed by atoms with van der Waals surface area (Å²) in [5, 5.41) is 0. The molecule has 14 heavy (non-hydrogen) atoms. The van der Waals surface area contributed by atoms with Crippen LogP contribution in [0.25, 0.3) is 0 Å². The van der Waals surface area contributed by atoms with Gasteiger partial charge in [0, 0.05) is 18.4 Å². The summed E-state index contributed by atoms with van der Waals surface area (Å²) in [5.74, 6) is -2.17. The average Bonchev–Trinajstić information content (AvgIpc) is 2.80. The molecule has 1 unspecified atom stereocenters. The molecule has 0 aromatic heterocycles. The van der Waals surface area contributed by atoms with E-state index < -0.39 is 5.92 Å². The maximum atomic E-state index is 13.1. The normalized spacial score (nSPS) is 34.1. The molecule has 0 heterocycles. The molecule has 2 saturated carbocycles. The van der Waals surface area contributed by atoms with Crippen LogP contribution in [0.2, 0.25) is 0 Å². The Morgan fingerprint density at radius 2 is 1.93 bits per heavy atom. The molecule has 2 fully saturated rings. The van der Waals surface area contributed by atoms with Gasteiger partial charge in [-0.25, -0.2) is 8.78 Å². The minimum Gasteiger partial charge on any atom is -0.325 e. The number of rotatable bonds is 3. The second-order valence-electron chi connectivity index (χ2n) is 5.22. The standard InChI is InChI=1S/C11H19F2N/c12-11(13)4-1-2-9(8-11)3-5-10(14)6-7-10/h9H,1-8,14H2. The van der Waals surface area contributed by atoms with Crippen molar-refractivity contribution in [3.8, 4) is 0 Å². The van der Waals surface area contributed by atoms with Crippen molar-refractivity contribution in [2.24, 2.45) is 11.7 Å². The largest absolute Gasteiger partial charge is 0.325 e. The minimum absolute atomic E-state index is 0.0345. The van der Waals surface area contributed by atoms with Crippen LogP contribution in [0.5, 0.6) is 0 Å². The summed E-state index contributed by atoms with van der Waals surface area (Å²) in [5.41, 5.74) is 5.98. The zero-order valence-electron chi connectivity index (χ0n) is 8.57. The number of halogens is 2. The molecule has 0 aromatic rings. The number of nitrogens with two attached hydrogens (primary N) is 1. The molecular formula is C11H19F2N. The van der Waals surface area contributed by atoms with E-state index >= 15 is 0 Å². The van der Waals surface area contributed by atoms with Crippen LogP contribution in [-0.4, -0.2) is 11.5 Å². The molecule has 0 aliphatic heterocycles. The van der Waals surface area contributed by atoms with E-state index in [1.165, 1.54) is 0 Å². The highest BCUT2D eigenvalue weighted by molar-refractivity contribution is 4.98. The van der Waals surface area contributed by atoms with Gasteiger partial charge in [-0.05, 0) is 38.0 Å². The molecular weight excluding hydrogens is 184 g/mol. The predicted octanol–water partition coefficient (Wildman–Crippen LogP) is 3.08. The molecule has 0 amide bonds. The maximum absolute atomic E-state index is 13.1. The van der Waals surface area contributed by atoms with Gasteiger partial charge in [-0.3, -0.25) is 0 Å². The minimum atomic E-state index is -2.39. The molecule has 2 aliphatic carbocycles. The van der Waals surface area contributed by atoms with Crippen LogP contribution in [0.15, 0.2) is 0 Å². The Kier molecular flexibility index (Phi) is 2.54. The van der Waals surface area contributed by atoms with E-state index in [-0.39, 0.29) is 24.3 Å². The first-order valence-electron chi connectivity index (χ1n) is 5.66. The van der Waals surface area contributed by atoms with E-state index in [0.717, 1.165) is 32.1 Å². The molecule has 1 atom stereocenters. The average molecular weight is 203 g/mol. The summed E-state index contributed by atoms with van der Waals surface area (Å²) in [6.45, 7) is 0. The van der Waals surface area contributed by atoms with Crippen LogP contribution in [0.1, 0.15) is 51.4 Å². The fraction of sp³-hybridized carbons (Fsp3) is 1.00. The number of hydrogen-bond donors (Lipinski definition) is 1. The third kappa shape index (κ3) is 2.66. The van der Waals surface area contributed by atoms with Crippen molar-refractivity contribution in [2.75, 3.05) is 0 Å². The van der Waals surface area contributed by atoms with Gasteiger partial charge < -0.3 is 5.73 Å². The Hall–Kier alpha value is -0.180. The first-order chi connectivity index (χ1) is 6.49. The Labute approximate surface area is 84.0 Å². The van der Waals surface area contributed by atoms with Crippen LogP contribution in [-0.2, 0) is 0 Å². The van der Waals surface area contributed by atoms with Crippen molar-refractivity contribution < 1.29 is 8.78 Å². The van der Waals surface area contributed by atoms with Crippen LogP contribution in [0.4, 0.5) is 8.78 Å². The van der Waals surface area contributed by atoms with Crippen molar-refractivity contribution >= 4 is 0 Å². The summed E-state index contributed by atoms with van der Waals surface area (Å²) < 4.78 is 26.1. The fourth-order valence-electron chi connectivity index (χ4n) is 2.42. The lowest BCUT2D eigenvalue weighted by molar-refractivity contribution is -0.0540. The van der Waals surface area contributed by atoms with Gasteiger partial charge in [0.05, 0.1) is 0 Å². The van der Waals surface area contributed by atoms with Crippen molar-refractivity contribution in [2.45, 2.75) is 62.8 Å². The number of hydrogen-bond acceptors (Lipinski definition) is 1. The Balaban J connectivity index is 1.75. The molecule has 2 N–H and O–H groups in total. The quantitative estimate of drug-likeness (QED) is 0.749. The third-order valence-electron chi connectivity index (χ3n) is 3.68. The van der Waals surface area contributed by atoms with E-state index in [1.54, 1.807) is 0 Å². The molecule has 0 bridgehead atoms. The lowest BCUT2D eigenvalue weighted by Gasteiger charge is -2.29. The predicted molar refractivity (Wildman–Crippen MR) is 52.3 cm³/mol. The molecule has 0 radical (unpaired) electrons. The van der Waals surface area contributed by atoms with Gasteiger partial charge in [0.25, 0.3) is 0 Å². The third-order valence-corrected chi connectivity index (χ3v) is 3.68. The summed E-state index contributed by atoms with van der Waals surface area (Å²) in [7, 11) is 0. The van der Waals surface area contributed by atoms with Crippen molar-refractivity contribution in [1.29, 1.82) is 0 Å². The molecule has 1 nitrogen and oxygen atoms in total. The topological polar surface area (TPSA) is 26.0 Å². The highest BCUT2D eigenvalue weighted by Crippen LogP contribution is 2.42. The van der Waals surface area contributed by atoms with Gasteiger partial charge in [-0.2, -0.15) is 0 Å². The van der Waals surface area contributed by atoms with E-state index in [1.807, 2.05) is 0 Å². The van der Waals surface area contributed by atoms with E-state index in [4.69, 9.17) is 5.73 Å². The van der Waals surface area contributed by atoms with Gasteiger partial charge >= 0.3 is 0 Å². The van der Waals surface area contributed by atoms with Gasteiger partial charge in [0.1, 0.15) is 0 Å². The first kappa shape index (κ1) is 10.3. The van der Waals surface area contributed by atoms with E-state index in [0.29, 0.717) is 6.42 Å². The molecule has 2 aliphatic rings. The molecule has 3 heteroatoms. The van der Waals surface area contributed by atoms with Gasteiger partial charge in [0.15, 0.2) is 0 Å². The van der Waals surface area contributed by atoms with E-state index in [9.17, 15) is 8.78 Å². The zero-order chi connectivity index (χ0) is 10.2. The van der Waals surface area contributed by atoms with E-state index in [2.05, 4.69) is 0 Å². The van der Waals surface area contributed by atoms with Crippen LogP contribution >= 0.6 is 0 Å². The second kappa shape index (κ2) is 3.44. The summed E-state index contributed by atoms with van der Waals surface area (Å²) >= 11 is 0. The molecule has 0 aromatic carbocycles. The van der Waals surface area contributed by atoms with Gasteiger partial charge in [-0.15, -0.1) is 0 Å². The second-order valence-corrected chi connectivity index (χ2v) is 5.22. The summed E-state index contributed by atoms with van der Waals surface area (Å²) in [4.78, 5) is 0. The Morgan fingerprint density at radius 3 is 2.50 bits per heavy atom. The highest BCUT2D eigenvalue weighted by Gasteiger charge is 2.40. The van der Waals surface area contributed by atoms with Crippen molar-refractivity contribution in [3.05, 3.63) is 0 Å². The fourth-order valence-corrected chi connectivity index (χ4v) is 2.42. The first-order valence-corrected chi connectivity index (χ1v) is 5.66. The Morgan fingerprint density at radius 1 is 1.21 bits per heavy atom. The van der Waals surface area contributed by atoms with Gasteiger partial charge in [0.2, 0.25) is 5.92 Å². The molecule has 0 saturated heterocycles. The van der Waals surface area contributed by atoms with Crippen LogP contribution in [0, 0.1) is 5.92 Å². The maximum Gasteiger partial charge on any atom is 0.248 e. The molecule has 82 valence electrons. The smallest absolute Gasteiger partial charge is 0.248 e. The van der Waals surface area contributed by atoms with Gasteiger partial charge in [-0.1, -0.05) is 6.42 Å². The lowest BCUT2D eigenvalue weighted by atomic mass is 9.83. The zero-order valence-corrected chi connectivity index (χ0v) is 8.57. The SMILES string of the molecule is NC1(CCC2CCCC(F)(F)C2)CC1. The summed E-state index contributed by atoms with van der Waals surface area (Å²) in [6, 6.07) is 0. The van der Waals surface area contributed by atoms with Crippen LogP contribution < -0.4 is 5.73 Å². The van der Waals surface area contributed by atoms with Crippen LogP contribution in [0.3, 0.4) is 0 Å². The Bertz CT molecular complexity index is 211. The molecule has 2 rings (SSSR count). The van der Waals surface area contributed by atoms with Crippen molar-refractivity contribution in [3.63, 3.8) is 0 Å². The monoisotopic (exact) mass is 203 g/mol. The summed E-state index contributed by atoms with van der Waals surface area (Å²) in [6.07, 6.45) is 5.91. The van der Waals surface area contributed by atoms with Crippen molar-refractivity contribution in [1.82, 2.24) is 0 Å². The lowest BCUT2D eigenvalue weighted by Crippen LogP contribution is -2.28. The number of alkyl halides is 2.